The fraction of sp³-hybridized carbons (Fsp3) is 0.231. The molecule has 0 aliphatic heterocycles. The van der Waals surface area contributed by atoms with Crippen LogP contribution < -0.4 is 0 Å². The van der Waals surface area contributed by atoms with Crippen molar-refractivity contribution < 1.29 is 8.81 Å². The van der Waals surface area contributed by atoms with E-state index in [1.807, 2.05) is 19.9 Å². The lowest BCUT2D eigenvalue weighted by Crippen LogP contribution is -1.92. The molecule has 0 amide bonds. The van der Waals surface area contributed by atoms with Crippen molar-refractivity contribution in [3.8, 4) is 0 Å². The quantitative estimate of drug-likeness (QED) is 0.738. The summed E-state index contributed by atoms with van der Waals surface area (Å²) in [6.07, 6.45) is 0. The third kappa shape index (κ3) is 2.19. The Morgan fingerprint density at radius 3 is 2.31 bits per heavy atom. The molecule has 2 aromatic rings. The van der Waals surface area contributed by atoms with E-state index in [4.69, 9.17) is 4.42 Å². The molecule has 84 valence electrons. The zero-order chi connectivity index (χ0) is 11.7. The number of halogens is 2. The summed E-state index contributed by atoms with van der Waals surface area (Å²) < 4.78 is 18.3. The topological polar surface area (TPSA) is 13.1 Å². The van der Waals surface area contributed by atoms with Gasteiger partial charge in [0.25, 0.3) is 0 Å². The van der Waals surface area contributed by atoms with Gasteiger partial charge in [-0.25, -0.2) is 4.39 Å². The predicted octanol–water partition coefficient (Wildman–Crippen LogP) is 4.52. The summed E-state index contributed by atoms with van der Waals surface area (Å²) in [5.74, 6) is 1.56. The fourth-order valence-corrected chi connectivity index (χ4v) is 2.47. The van der Waals surface area contributed by atoms with Crippen LogP contribution in [-0.2, 0) is 0 Å². The van der Waals surface area contributed by atoms with Gasteiger partial charge in [0.1, 0.15) is 17.3 Å². The molecular formula is C13H12BrFO. The first kappa shape index (κ1) is 11.4. The Hall–Kier alpha value is -1.09. The van der Waals surface area contributed by atoms with Gasteiger partial charge in [-0.1, -0.05) is 28.1 Å². The van der Waals surface area contributed by atoms with Gasteiger partial charge in [-0.2, -0.15) is 0 Å². The first-order chi connectivity index (χ1) is 7.58. The molecule has 1 aromatic carbocycles. The Bertz CT molecular complexity index is 487. The van der Waals surface area contributed by atoms with Crippen molar-refractivity contribution in [3.05, 3.63) is 58.8 Å². The van der Waals surface area contributed by atoms with Gasteiger partial charge in [-0.15, -0.1) is 0 Å². The Kier molecular flexibility index (Phi) is 3.15. The molecule has 16 heavy (non-hydrogen) atoms. The molecule has 0 saturated carbocycles. The smallest absolute Gasteiger partial charge is 0.123 e. The number of rotatable bonds is 2. The maximum atomic E-state index is 12.8. The second-order valence-corrected chi connectivity index (χ2v) is 4.70. The zero-order valence-electron chi connectivity index (χ0n) is 9.13. The zero-order valence-corrected chi connectivity index (χ0v) is 10.7. The van der Waals surface area contributed by atoms with Crippen molar-refractivity contribution in [3.63, 3.8) is 0 Å². The molecular weight excluding hydrogens is 271 g/mol. The van der Waals surface area contributed by atoms with Crippen molar-refractivity contribution in [2.24, 2.45) is 0 Å². The summed E-state index contributed by atoms with van der Waals surface area (Å²) >= 11 is 3.60. The number of aryl methyl sites for hydroxylation is 2. The molecule has 1 aromatic heterocycles. The van der Waals surface area contributed by atoms with E-state index in [9.17, 15) is 4.39 Å². The van der Waals surface area contributed by atoms with E-state index in [0.717, 1.165) is 22.6 Å². The summed E-state index contributed by atoms with van der Waals surface area (Å²) in [6.45, 7) is 3.85. The van der Waals surface area contributed by atoms with Crippen LogP contribution in [0.1, 0.15) is 27.5 Å². The van der Waals surface area contributed by atoms with Crippen LogP contribution in [0.2, 0.25) is 0 Å². The summed E-state index contributed by atoms with van der Waals surface area (Å²) in [5.41, 5.74) is 2.11. The maximum Gasteiger partial charge on any atom is 0.123 e. The van der Waals surface area contributed by atoms with E-state index >= 15 is 0 Å². The monoisotopic (exact) mass is 282 g/mol. The van der Waals surface area contributed by atoms with E-state index in [0.29, 0.717) is 0 Å². The Balaban J connectivity index is 2.35. The second-order valence-electron chi connectivity index (χ2n) is 3.78. The number of hydrogen-bond donors (Lipinski definition) is 0. The van der Waals surface area contributed by atoms with Gasteiger partial charge in [-0.05, 0) is 37.6 Å². The van der Waals surface area contributed by atoms with E-state index in [1.54, 1.807) is 12.1 Å². The third-order valence-electron chi connectivity index (χ3n) is 2.52. The predicted molar refractivity (Wildman–Crippen MR) is 65.4 cm³/mol. The van der Waals surface area contributed by atoms with Crippen molar-refractivity contribution in [1.29, 1.82) is 0 Å². The van der Waals surface area contributed by atoms with Crippen LogP contribution in [0.4, 0.5) is 4.39 Å². The van der Waals surface area contributed by atoms with Crippen LogP contribution in [0.3, 0.4) is 0 Å². The fourth-order valence-electron chi connectivity index (χ4n) is 1.71. The minimum atomic E-state index is -0.219. The van der Waals surface area contributed by atoms with Gasteiger partial charge >= 0.3 is 0 Å². The lowest BCUT2D eigenvalue weighted by Gasteiger charge is -2.08. The molecule has 0 radical (unpaired) electrons. The van der Waals surface area contributed by atoms with Gasteiger partial charge in [0.2, 0.25) is 0 Å². The minimum Gasteiger partial charge on any atom is -0.466 e. The van der Waals surface area contributed by atoms with Crippen LogP contribution >= 0.6 is 15.9 Å². The highest BCUT2D eigenvalue weighted by Crippen LogP contribution is 2.34. The minimum absolute atomic E-state index is 0.0468. The SMILES string of the molecule is Cc1cc(C(Br)c2ccc(F)cc2)c(C)o1. The van der Waals surface area contributed by atoms with Crippen LogP contribution in [0.5, 0.6) is 0 Å². The lowest BCUT2D eigenvalue weighted by molar-refractivity contribution is 0.502. The second kappa shape index (κ2) is 4.42. The molecule has 2 rings (SSSR count). The highest BCUT2D eigenvalue weighted by Gasteiger charge is 2.15. The molecule has 0 fully saturated rings. The normalized spacial score (nSPS) is 12.8. The van der Waals surface area contributed by atoms with E-state index in [1.165, 1.54) is 12.1 Å². The molecule has 0 aliphatic rings. The summed E-state index contributed by atoms with van der Waals surface area (Å²) in [5, 5.41) is 0. The van der Waals surface area contributed by atoms with E-state index in [-0.39, 0.29) is 10.6 Å². The molecule has 0 N–H and O–H groups in total. The molecule has 0 aliphatic carbocycles. The Morgan fingerprint density at radius 1 is 1.19 bits per heavy atom. The molecule has 0 saturated heterocycles. The first-order valence-corrected chi connectivity index (χ1v) is 5.96. The van der Waals surface area contributed by atoms with Crippen LogP contribution in [0, 0.1) is 19.7 Å². The van der Waals surface area contributed by atoms with Gasteiger partial charge in [0.05, 0.1) is 4.83 Å². The number of benzene rings is 1. The van der Waals surface area contributed by atoms with Crippen LogP contribution in [-0.4, -0.2) is 0 Å². The maximum absolute atomic E-state index is 12.8. The molecule has 1 atom stereocenters. The molecule has 0 spiro atoms. The van der Waals surface area contributed by atoms with Gasteiger partial charge < -0.3 is 4.42 Å². The lowest BCUT2D eigenvalue weighted by atomic mass is 10.1. The molecule has 1 unspecified atom stereocenters. The van der Waals surface area contributed by atoms with Crippen LogP contribution in [0.25, 0.3) is 0 Å². The van der Waals surface area contributed by atoms with Crippen molar-refractivity contribution in [2.75, 3.05) is 0 Å². The summed E-state index contributed by atoms with van der Waals surface area (Å²) in [7, 11) is 0. The third-order valence-corrected chi connectivity index (χ3v) is 3.54. The molecule has 0 bridgehead atoms. The van der Waals surface area contributed by atoms with E-state index in [2.05, 4.69) is 15.9 Å². The average molecular weight is 283 g/mol. The van der Waals surface area contributed by atoms with Crippen molar-refractivity contribution >= 4 is 15.9 Å². The van der Waals surface area contributed by atoms with E-state index < -0.39 is 0 Å². The summed E-state index contributed by atoms with van der Waals surface area (Å²) in [4.78, 5) is 0.0468. The summed E-state index contributed by atoms with van der Waals surface area (Å²) in [6, 6.07) is 8.48. The first-order valence-electron chi connectivity index (χ1n) is 5.04. The number of furan rings is 1. The molecule has 1 heterocycles. The highest BCUT2D eigenvalue weighted by molar-refractivity contribution is 9.09. The van der Waals surface area contributed by atoms with Crippen molar-refractivity contribution in [2.45, 2.75) is 18.7 Å². The van der Waals surface area contributed by atoms with Gasteiger partial charge in [0.15, 0.2) is 0 Å². The number of alkyl halides is 1. The highest BCUT2D eigenvalue weighted by atomic mass is 79.9. The number of hydrogen-bond acceptors (Lipinski definition) is 1. The standard InChI is InChI=1S/C13H12BrFO/c1-8-7-12(9(2)16-8)13(14)10-3-5-11(15)6-4-10/h3-7,13H,1-2H3. The van der Waals surface area contributed by atoms with Crippen LogP contribution in [0.15, 0.2) is 34.7 Å². The van der Waals surface area contributed by atoms with Crippen molar-refractivity contribution in [1.82, 2.24) is 0 Å². The Morgan fingerprint density at radius 2 is 1.81 bits per heavy atom. The Labute approximate surface area is 102 Å². The molecule has 3 heteroatoms. The van der Waals surface area contributed by atoms with Gasteiger partial charge in [0, 0.05) is 5.56 Å². The average Bonchev–Trinajstić information content (AvgIpc) is 2.58. The largest absolute Gasteiger partial charge is 0.466 e. The van der Waals surface area contributed by atoms with Gasteiger partial charge in [-0.3, -0.25) is 0 Å². The molecule has 1 nitrogen and oxygen atoms in total.